The fourth-order valence-corrected chi connectivity index (χ4v) is 4.88. The number of rotatable bonds is 7. The van der Waals surface area contributed by atoms with Crippen molar-refractivity contribution in [1.82, 2.24) is 4.98 Å². The Bertz CT molecular complexity index is 1250. The summed E-state index contributed by atoms with van der Waals surface area (Å²) in [4.78, 5) is 17.7. The summed E-state index contributed by atoms with van der Waals surface area (Å²) >= 11 is 0. The average molecular weight is 461 g/mol. The molecule has 4 rings (SSSR count). The Morgan fingerprint density at radius 2 is 2.09 bits per heavy atom. The number of carbonyl (C=O) groups is 1. The number of nitrogens with two attached hydrogens (primary N) is 1. The maximum atomic E-state index is 13.1. The van der Waals surface area contributed by atoms with Gasteiger partial charge in [-0.3, -0.25) is 9.52 Å². The molecule has 3 aromatic rings. The predicted molar refractivity (Wildman–Crippen MR) is 118 cm³/mol. The van der Waals surface area contributed by atoms with Crippen LogP contribution in [0.25, 0.3) is 11.0 Å². The number of ether oxygens (including phenoxy) is 1. The van der Waals surface area contributed by atoms with Crippen LogP contribution in [0.3, 0.4) is 0 Å². The van der Waals surface area contributed by atoms with Crippen LogP contribution in [0.1, 0.15) is 30.3 Å². The molecule has 0 spiro atoms. The Kier molecular flexibility index (Phi) is 5.94. The van der Waals surface area contributed by atoms with Gasteiger partial charge in [0.05, 0.1) is 22.1 Å². The predicted octanol–water partition coefficient (Wildman–Crippen LogP) is 2.44. The minimum atomic E-state index is -4.01. The van der Waals surface area contributed by atoms with Gasteiger partial charge in [0.2, 0.25) is 5.76 Å². The Hall–Kier alpha value is -3.31. The van der Waals surface area contributed by atoms with Crippen LogP contribution in [0.5, 0.6) is 5.75 Å². The lowest BCUT2D eigenvalue weighted by molar-refractivity contribution is 0.0458. The van der Waals surface area contributed by atoms with Crippen molar-refractivity contribution in [2.45, 2.75) is 30.8 Å². The lowest BCUT2D eigenvalue weighted by Crippen LogP contribution is -2.38. The molecule has 4 N–H and O–H groups in total. The maximum absolute atomic E-state index is 13.1. The van der Waals surface area contributed by atoms with Gasteiger partial charge in [0, 0.05) is 32.0 Å². The third kappa shape index (κ3) is 4.21. The fraction of sp³-hybridized carbons (Fsp3) is 0.333. The highest BCUT2D eigenvalue weighted by atomic mass is 32.2. The van der Waals surface area contributed by atoms with Crippen molar-refractivity contribution in [2.75, 3.05) is 29.3 Å². The first kappa shape index (κ1) is 21.9. The Morgan fingerprint density at radius 3 is 2.78 bits per heavy atom. The molecule has 0 radical (unpaired) electrons. The van der Waals surface area contributed by atoms with Crippen molar-refractivity contribution in [1.29, 1.82) is 0 Å². The number of hydrogen-bond donors (Lipinski definition) is 3. The molecular formula is C21H24N4O6S. The summed E-state index contributed by atoms with van der Waals surface area (Å²) in [7, 11) is -4.01. The molecule has 1 aromatic carbocycles. The molecule has 1 aliphatic heterocycles. The molecule has 32 heavy (non-hydrogen) atoms. The van der Waals surface area contributed by atoms with E-state index >= 15 is 0 Å². The first-order valence-electron chi connectivity index (χ1n) is 10.2. The van der Waals surface area contributed by atoms with Gasteiger partial charge in [-0.1, -0.05) is 0 Å². The Morgan fingerprint density at radius 1 is 1.34 bits per heavy atom. The largest absolute Gasteiger partial charge is 0.504 e. The van der Waals surface area contributed by atoms with Crippen LogP contribution in [0.2, 0.25) is 0 Å². The number of hydrogen-bond acceptors (Lipinski definition) is 8. The summed E-state index contributed by atoms with van der Waals surface area (Å²) in [5.74, 6) is -1.25. The number of amides is 1. The number of fused-ring (bicyclic) bond motifs is 1. The summed E-state index contributed by atoms with van der Waals surface area (Å²) < 4.78 is 39.7. The van der Waals surface area contributed by atoms with Crippen molar-refractivity contribution in [3.05, 3.63) is 42.3 Å². The normalized spacial score (nSPS) is 15.2. The highest BCUT2D eigenvalue weighted by Crippen LogP contribution is 2.34. The number of benzene rings is 1. The van der Waals surface area contributed by atoms with Crippen molar-refractivity contribution < 1.29 is 27.5 Å². The quantitative estimate of drug-likeness (QED) is 0.487. The van der Waals surface area contributed by atoms with Crippen LogP contribution in [-0.2, 0) is 14.8 Å². The van der Waals surface area contributed by atoms with Gasteiger partial charge in [-0.05, 0) is 44.0 Å². The lowest BCUT2D eigenvalue weighted by Gasteiger charge is -2.33. The van der Waals surface area contributed by atoms with Crippen molar-refractivity contribution >= 4 is 38.4 Å². The summed E-state index contributed by atoms with van der Waals surface area (Å²) in [6.07, 6.45) is 3.47. The molecule has 0 saturated carbocycles. The van der Waals surface area contributed by atoms with E-state index in [-0.39, 0.29) is 22.0 Å². The maximum Gasteiger partial charge on any atom is 0.288 e. The van der Waals surface area contributed by atoms with E-state index in [0.29, 0.717) is 31.2 Å². The molecule has 1 aliphatic rings. The van der Waals surface area contributed by atoms with Crippen LogP contribution in [-0.4, -0.2) is 50.2 Å². The molecule has 1 saturated heterocycles. The number of nitrogens with one attached hydrogen (secondary N) is 1. The molecule has 1 amide bonds. The minimum Gasteiger partial charge on any atom is -0.504 e. The van der Waals surface area contributed by atoms with Crippen LogP contribution in [0, 0.1) is 0 Å². The molecule has 0 bridgehead atoms. The number of aromatic hydroxyl groups is 1. The van der Waals surface area contributed by atoms with Gasteiger partial charge in [0.1, 0.15) is 5.58 Å². The average Bonchev–Trinajstić information content (AvgIpc) is 3.11. The standard InChI is InChI=1S/C21H24N4O6S/c1-2-30-13-7-10-25(11-8-13)21-16(4-3-9-23-21)24-32(28,29)14-5-6-15-17(12-14)31-19(18(15)26)20(22)27/h3-6,9,12-13,24,26H,2,7-8,10-11H2,1H3,(H2,22,27). The van der Waals surface area contributed by atoms with E-state index in [2.05, 4.69) is 9.71 Å². The van der Waals surface area contributed by atoms with Crippen molar-refractivity contribution in [2.24, 2.45) is 5.73 Å². The molecule has 0 atom stereocenters. The number of furan rings is 1. The van der Waals surface area contributed by atoms with E-state index in [1.165, 1.54) is 18.2 Å². The van der Waals surface area contributed by atoms with Gasteiger partial charge in [0.15, 0.2) is 11.6 Å². The second kappa shape index (κ2) is 8.67. The van der Waals surface area contributed by atoms with Crippen LogP contribution >= 0.6 is 0 Å². The summed E-state index contributed by atoms with van der Waals surface area (Å²) in [6, 6.07) is 7.21. The van der Waals surface area contributed by atoms with Crippen LogP contribution < -0.4 is 15.4 Å². The van der Waals surface area contributed by atoms with E-state index in [0.717, 1.165) is 12.8 Å². The van der Waals surface area contributed by atoms with Crippen molar-refractivity contribution in [3.8, 4) is 5.75 Å². The summed E-state index contributed by atoms with van der Waals surface area (Å²) in [5.41, 5.74) is 5.56. The van der Waals surface area contributed by atoms with E-state index < -0.39 is 27.4 Å². The van der Waals surface area contributed by atoms with E-state index in [4.69, 9.17) is 14.9 Å². The first-order valence-corrected chi connectivity index (χ1v) is 11.7. The molecular weight excluding hydrogens is 436 g/mol. The third-order valence-electron chi connectivity index (χ3n) is 5.34. The van der Waals surface area contributed by atoms with Gasteiger partial charge < -0.3 is 24.9 Å². The number of sulfonamides is 1. The van der Waals surface area contributed by atoms with E-state index in [1.54, 1.807) is 18.3 Å². The topological polar surface area (TPSA) is 148 Å². The molecule has 10 nitrogen and oxygen atoms in total. The Balaban J connectivity index is 1.60. The molecule has 3 heterocycles. The molecule has 11 heteroatoms. The number of primary amides is 1. The minimum absolute atomic E-state index is 0.0311. The monoisotopic (exact) mass is 460 g/mol. The highest BCUT2D eigenvalue weighted by molar-refractivity contribution is 7.92. The van der Waals surface area contributed by atoms with Gasteiger partial charge in [-0.15, -0.1) is 0 Å². The fourth-order valence-electron chi connectivity index (χ4n) is 3.80. The molecule has 170 valence electrons. The van der Waals surface area contributed by atoms with E-state index in [1.807, 2.05) is 11.8 Å². The van der Waals surface area contributed by atoms with Gasteiger partial charge in [0.25, 0.3) is 15.9 Å². The molecule has 0 unspecified atom stereocenters. The number of carbonyl (C=O) groups excluding carboxylic acids is 1. The first-order chi connectivity index (χ1) is 15.3. The highest BCUT2D eigenvalue weighted by Gasteiger charge is 2.25. The zero-order chi connectivity index (χ0) is 22.9. The number of anilines is 2. The second-order valence-corrected chi connectivity index (χ2v) is 9.11. The van der Waals surface area contributed by atoms with E-state index in [9.17, 15) is 18.3 Å². The molecule has 0 aliphatic carbocycles. The SMILES string of the molecule is CCOC1CCN(c2ncccc2NS(=O)(=O)c2ccc3c(O)c(C(N)=O)oc3c2)CC1. The summed E-state index contributed by atoms with van der Waals surface area (Å²) in [6.45, 7) is 4.03. The van der Waals surface area contributed by atoms with Gasteiger partial charge in [-0.25, -0.2) is 13.4 Å². The Labute approximate surface area is 185 Å². The number of piperidine rings is 1. The van der Waals surface area contributed by atoms with Crippen LogP contribution in [0.15, 0.2) is 45.8 Å². The third-order valence-corrected chi connectivity index (χ3v) is 6.71. The van der Waals surface area contributed by atoms with Crippen LogP contribution in [0.4, 0.5) is 11.5 Å². The van der Waals surface area contributed by atoms with Crippen molar-refractivity contribution in [3.63, 3.8) is 0 Å². The smallest absolute Gasteiger partial charge is 0.288 e. The lowest BCUT2D eigenvalue weighted by atomic mass is 10.1. The number of aromatic nitrogens is 1. The van der Waals surface area contributed by atoms with Gasteiger partial charge in [-0.2, -0.15) is 0 Å². The molecule has 1 fully saturated rings. The zero-order valence-corrected chi connectivity index (χ0v) is 18.3. The molecule has 2 aromatic heterocycles. The zero-order valence-electron chi connectivity index (χ0n) is 17.4. The van der Waals surface area contributed by atoms with Gasteiger partial charge >= 0.3 is 0 Å². The number of pyridine rings is 1. The second-order valence-electron chi connectivity index (χ2n) is 7.42. The summed E-state index contributed by atoms with van der Waals surface area (Å²) in [5, 5.41) is 10.2. The number of nitrogens with zero attached hydrogens (tertiary/aromatic N) is 2.